The molecule has 132 valence electrons. The van der Waals surface area contributed by atoms with Gasteiger partial charge in [0.2, 0.25) is 5.91 Å². The Morgan fingerprint density at radius 3 is 2.33 bits per heavy atom. The second-order valence-electron chi connectivity index (χ2n) is 5.33. The van der Waals surface area contributed by atoms with Gasteiger partial charge in [-0.25, -0.2) is 0 Å². The second kappa shape index (κ2) is 9.76. The SMILES string of the molecule is C[C@@H](O)[C@H](NC(=O)c1ccc(NC(=O)CCCN)cc1)C(=O)CO. The zero-order valence-corrected chi connectivity index (χ0v) is 13.5. The monoisotopic (exact) mass is 337 g/mol. The van der Waals surface area contributed by atoms with E-state index in [4.69, 9.17) is 10.8 Å². The molecule has 0 spiro atoms. The van der Waals surface area contributed by atoms with Gasteiger partial charge in [-0.05, 0) is 44.2 Å². The third kappa shape index (κ3) is 6.07. The first-order chi connectivity index (χ1) is 11.4. The van der Waals surface area contributed by atoms with E-state index in [9.17, 15) is 19.5 Å². The van der Waals surface area contributed by atoms with Crippen LogP contribution in [0.3, 0.4) is 0 Å². The molecular weight excluding hydrogens is 314 g/mol. The molecule has 6 N–H and O–H groups in total. The maximum atomic E-state index is 12.1. The molecule has 2 atom stereocenters. The van der Waals surface area contributed by atoms with E-state index in [1.54, 1.807) is 12.1 Å². The predicted molar refractivity (Wildman–Crippen MR) is 88.4 cm³/mol. The minimum absolute atomic E-state index is 0.166. The molecule has 1 rings (SSSR count). The first-order valence-electron chi connectivity index (χ1n) is 7.61. The number of ketones is 1. The van der Waals surface area contributed by atoms with Gasteiger partial charge in [0, 0.05) is 17.7 Å². The van der Waals surface area contributed by atoms with Gasteiger partial charge in [-0.1, -0.05) is 0 Å². The number of nitrogens with two attached hydrogens (primary N) is 1. The van der Waals surface area contributed by atoms with Crippen molar-refractivity contribution in [3.63, 3.8) is 0 Å². The number of carbonyl (C=O) groups excluding carboxylic acids is 3. The van der Waals surface area contributed by atoms with Crippen LogP contribution < -0.4 is 16.4 Å². The maximum Gasteiger partial charge on any atom is 0.251 e. The Labute approximate surface area is 140 Å². The average Bonchev–Trinajstić information content (AvgIpc) is 2.57. The predicted octanol–water partition coefficient (Wildman–Crippen LogP) is -0.595. The molecule has 0 radical (unpaired) electrons. The normalized spacial score (nSPS) is 13.0. The van der Waals surface area contributed by atoms with Crippen LogP contribution >= 0.6 is 0 Å². The van der Waals surface area contributed by atoms with E-state index in [1.165, 1.54) is 19.1 Å². The molecule has 0 aliphatic rings. The zero-order valence-electron chi connectivity index (χ0n) is 13.5. The number of rotatable bonds is 9. The third-order valence-corrected chi connectivity index (χ3v) is 3.31. The lowest BCUT2D eigenvalue weighted by molar-refractivity contribution is -0.126. The number of amides is 2. The number of hydrogen-bond acceptors (Lipinski definition) is 6. The fourth-order valence-electron chi connectivity index (χ4n) is 1.98. The highest BCUT2D eigenvalue weighted by molar-refractivity contribution is 5.99. The molecule has 8 heteroatoms. The second-order valence-corrected chi connectivity index (χ2v) is 5.33. The van der Waals surface area contributed by atoms with Crippen molar-refractivity contribution in [3.8, 4) is 0 Å². The molecule has 0 unspecified atom stereocenters. The molecule has 0 bridgehead atoms. The molecule has 0 fully saturated rings. The van der Waals surface area contributed by atoms with E-state index >= 15 is 0 Å². The summed E-state index contributed by atoms with van der Waals surface area (Å²) < 4.78 is 0. The van der Waals surface area contributed by atoms with Gasteiger partial charge in [0.25, 0.3) is 5.91 Å². The van der Waals surface area contributed by atoms with Gasteiger partial charge in [0.1, 0.15) is 12.6 Å². The minimum Gasteiger partial charge on any atom is -0.391 e. The van der Waals surface area contributed by atoms with Crippen molar-refractivity contribution >= 4 is 23.3 Å². The fourth-order valence-corrected chi connectivity index (χ4v) is 1.98. The topological polar surface area (TPSA) is 142 Å². The van der Waals surface area contributed by atoms with Gasteiger partial charge >= 0.3 is 0 Å². The highest BCUT2D eigenvalue weighted by Crippen LogP contribution is 2.11. The van der Waals surface area contributed by atoms with Gasteiger partial charge in [-0.2, -0.15) is 0 Å². The lowest BCUT2D eigenvalue weighted by atomic mass is 10.1. The van der Waals surface area contributed by atoms with E-state index in [1.807, 2.05) is 0 Å². The number of nitrogens with one attached hydrogen (secondary N) is 2. The summed E-state index contributed by atoms with van der Waals surface area (Å²) in [6.07, 6.45) is -0.223. The standard InChI is InChI=1S/C16H23N3O5/c1-10(21)15(13(22)9-20)19-16(24)11-4-6-12(7-5-11)18-14(23)3-2-8-17/h4-7,10,15,20-21H,2-3,8-9,17H2,1H3,(H,18,23)(H,19,24)/t10-,15+/m1/s1. The fraction of sp³-hybridized carbons (Fsp3) is 0.438. The van der Waals surface area contributed by atoms with Gasteiger partial charge in [0.05, 0.1) is 6.10 Å². The van der Waals surface area contributed by atoms with Crippen LogP contribution in [0.1, 0.15) is 30.1 Å². The quantitative estimate of drug-likeness (QED) is 0.407. The van der Waals surface area contributed by atoms with Gasteiger partial charge in [-0.3, -0.25) is 14.4 Å². The molecule has 24 heavy (non-hydrogen) atoms. The number of Topliss-reactive ketones (excluding diaryl/α,β-unsaturated/α-hetero) is 1. The third-order valence-electron chi connectivity index (χ3n) is 3.31. The Kier molecular flexibility index (Phi) is 8.03. The summed E-state index contributed by atoms with van der Waals surface area (Å²) in [4.78, 5) is 35.2. The van der Waals surface area contributed by atoms with Crippen molar-refractivity contribution in [2.75, 3.05) is 18.5 Å². The summed E-state index contributed by atoms with van der Waals surface area (Å²) in [6.45, 7) is 1.01. The van der Waals surface area contributed by atoms with Crippen molar-refractivity contribution < 1.29 is 24.6 Å². The first kappa shape index (κ1) is 19.8. The van der Waals surface area contributed by atoms with Gasteiger partial charge in [0.15, 0.2) is 5.78 Å². The number of aliphatic hydroxyl groups excluding tert-OH is 2. The van der Waals surface area contributed by atoms with Crippen LogP contribution in [0.15, 0.2) is 24.3 Å². The molecule has 0 saturated heterocycles. The Bertz CT molecular complexity index is 572. The molecule has 0 heterocycles. The van der Waals surface area contributed by atoms with Crippen molar-refractivity contribution in [1.82, 2.24) is 5.32 Å². The molecule has 0 aliphatic carbocycles. The van der Waals surface area contributed by atoms with Crippen LogP contribution in [0.4, 0.5) is 5.69 Å². The smallest absolute Gasteiger partial charge is 0.251 e. The Morgan fingerprint density at radius 1 is 1.21 bits per heavy atom. The summed E-state index contributed by atoms with van der Waals surface area (Å²) in [5.74, 6) is -1.41. The van der Waals surface area contributed by atoms with E-state index < -0.39 is 30.4 Å². The van der Waals surface area contributed by atoms with Crippen LogP contribution in [0.5, 0.6) is 0 Å². The van der Waals surface area contributed by atoms with Crippen molar-refractivity contribution in [3.05, 3.63) is 29.8 Å². The highest BCUT2D eigenvalue weighted by atomic mass is 16.3. The average molecular weight is 337 g/mol. The van der Waals surface area contributed by atoms with Crippen molar-refractivity contribution in [1.29, 1.82) is 0 Å². The lowest BCUT2D eigenvalue weighted by Crippen LogP contribution is -2.48. The van der Waals surface area contributed by atoms with Crippen LogP contribution in [0.25, 0.3) is 0 Å². The van der Waals surface area contributed by atoms with E-state index in [-0.39, 0.29) is 11.5 Å². The van der Waals surface area contributed by atoms with E-state index in [2.05, 4.69) is 10.6 Å². The highest BCUT2D eigenvalue weighted by Gasteiger charge is 2.25. The van der Waals surface area contributed by atoms with Crippen molar-refractivity contribution in [2.24, 2.45) is 5.73 Å². The van der Waals surface area contributed by atoms with Crippen LogP contribution in [0.2, 0.25) is 0 Å². The van der Waals surface area contributed by atoms with Crippen molar-refractivity contribution in [2.45, 2.75) is 31.9 Å². The number of aliphatic hydroxyl groups is 2. The Morgan fingerprint density at radius 2 is 1.83 bits per heavy atom. The van der Waals surface area contributed by atoms with Crippen LogP contribution in [0, 0.1) is 0 Å². The molecular formula is C16H23N3O5. The van der Waals surface area contributed by atoms with Crippen LogP contribution in [-0.4, -0.2) is 53.1 Å². The summed E-state index contributed by atoms with van der Waals surface area (Å²) in [5.41, 5.74) is 6.12. The largest absolute Gasteiger partial charge is 0.391 e. The number of hydrogen-bond donors (Lipinski definition) is 5. The molecule has 0 aromatic heterocycles. The summed E-state index contributed by atoms with van der Waals surface area (Å²) >= 11 is 0. The summed E-state index contributed by atoms with van der Waals surface area (Å²) in [6, 6.07) is 4.89. The molecule has 1 aromatic rings. The Hall–Kier alpha value is -2.29. The Balaban J connectivity index is 2.69. The van der Waals surface area contributed by atoms with Crippen LogP contribution in [-0.2, 0) is 9.59 Å². The zero-order chi connectivity index (χ0) is 18.1. The maximum absolute atomic E-state index is 12.1. The molecule has 0 saturated carbocycles. The van der Waals surface area contributed by atoms with E-state index in [0.29, 0.717) is 25.1 Å². The molecule has 8 nitrogen and oxygen atoms in total. The number of anilines is 1. The lowest BCUT2D eigenvalue weighted by Gasteiger charge is -2.19. The number of carbonyl (C=O) groups is 3. The molecule has 1 aromatic carbocycles. The molecule has 2 amide bonds. The van der Waals surface area contributed by atoms with Gasteiger partial charge < -0.3 is 26.6 Å². The van der Waals surface area contributed by atoms with Gasteiger partial charge in [-0.15, -0.1) is 0 Å². The number of benzene rings is 1. The van der Waals surface area contributed by atoms with E-state index in [0.717, 1.165) is 0 Å². The summed E-state index contributed by atoms with van der Waals surface area (Å²) in [5, 5.41) is 23.4. The first-order valence-corrected chi connectivity index (χ1v) is 7.61. The minimum atomic E-state index is -1.18. The molecule has 0 aliphatic heterocycles. The summed E-state index contributed by atoms with van der Waals surface area (Å²) in [7, 11) is 0.